The lowest BCUT2D eigenvalue weighted by Gasteiger charge is -2.52. The van der Waals surface area contributed by atoms with Crippen LogP contribution in [-0.2, 0) is 14.8 Å². The third-order valence-electron chi connectivity index (χ3n) is 5.93. The van der Waals surface area contributed by atoms with Crippen LogP contribution in [0.3, 0.4) is 0 Å². The Morgan fingerprint density at radius 2 is 1.74 bits per heavy atom. The Morgan fingerprint density at radius 1 is 1.17 bits per heavy atom. The zero-order valence-corrected chi connectivity index (χ0v) is 14.5. The Morgan fingerprint density at radius 3 is 2.22 bits per heavy atom. The quantitative estimate of drug-likeness (QED) is 0.841. The zero-order valence-electron chi connectivity index (χ0n) is 13.7. The first-order valence-corrected chi connectivity index (χ1v) is 10.3. The fourth-order valence-corrected chi connectivity index (χ4v) is 5.39. The predicted octanol–water partition coefficient (Wildman–Crippen LogP) is 1.39. The minimum atomic E-state index is -3.14. The van der Waals surface area contributed by atoms with Crippen molar-refractivity contribution in [1.29, 1.82) is 5.26 Å². The monoisotopic (exact) mass is 339 g/mol. The Labute approximate surface area is 138 Å². The van der Waals surface area contributed by atoms with Crippen molar-refractivity contribution in [3.05, 3.63) is 0 Å². The molecule has 0 unspecified atom stereocenters. The summed E-state index contributed by atoms with van der Waals surface area (Å²) in [7, 11) is -3.14. The van der Waals surface area contributed by atoms with Crippen LogP contribution >= 0.6 is 0 Å². The van der Waals surface area contributed by atoms with Gasteiger partial charge in [-0.15, -0.1) is 0 Å². The molecular formula is C16H25N3O3S. The molecule has 1 saturated heterocycles. The number of carbonyl (C=O) groups is 1. The number of amides is 1. The van der Waals surface area contributed by atoms with Crippen molar-refractivity contribution in [2.75, 3.05) is 19.3 Å². The van der Waals surface area contributed by atoms with E-state index in [4.69, 9.17) is 0 Å². The number of likely N-dealkylation sites (tertiary alicyclic amines) is 1. The Balaban J connectivity index is 1.54. The highest BCUT2D eigenvalue weighted by molar-refractivity contribution is 7.88. The molecule has 2 saturated carbocycles. The van der Waals surface area contributed by atoms with Crippen LogP contribution in [-0.4, -0.2) is 44.6 Å². The smallest absolute Gasteiger partial charge is 0.243 e. The standard InChI is InChI=1S/C16H25N3O3S/c1-23(21,22)18-13-10-15(11-13)6-8-19(9-7-15)14(20)16(12-17)4-2-3-5-16/h13,18H,2-11H2,1H3. The van der Waals surface area contributed by atoms with Gasteiger partial charge in [0.25, 0.3) is 0 Å². The van der Waals surface area contributed by atoms with E-state index in [0.29, 0.717) is 25.9 Å². The molecule has 1 amide bonds. The van der Waals surface area contributed by atoms with E-state index in [1.807, 2.05) is 4.90 Å². The zero-order chi connectivity index (χ0) is 16.7. The maximum Gasteiger partial charge on any atom is 0.243 e. The number of nitrogens with zero attached hydrogens (tertiary/aromatic N) is 2. The lowest BCUT2D eigenvalue weighted by molar-refractivity contribution is -0.142. The minimum absolute atomic E-state index is 0.0254. The van der Waals surface area contributed by atoms with Gasteiger partial charge in [0.1, 0.15) is 5.41 Å². The topological polar surface area (TPSA) is 90.3 Å². The Hall–Kier alpha value is -1.13. The van der Waals surface area contributed by atoms with E-state index in [1.54, 1.807) is 0 Å². The van der Waals surface area contributed by atoms with E-state index >= 15 is 0 Å². The summed E-state index contributed by atoms with van der Waals surface area (Å²) in [6.07, 6.45) is 8.10. The molecule has 7 heteroatoms. The second-order valence-corrected chi connectivity index (χ2v) is 9.47. The molecule has 0 bridgehead atoms. The normalized spacial score (nSPS) is 26.7. The van der Waals surface area contributed by atoms with E-state index in [0.717, 1.165) is 38.5 Å². The molecule has 1 N–H and O–H groups in total. The van der Waals surface area contributed by atoms with E-state index in [1.165, 1.54) is 6.26 Å². The Kier molecular flexibility index (Phi) is 4.18. The van der Waals surface area contributed by atoms with Gasteiger partial charge < -0.3 is 4.90 Å². The Bertz CT molecular complexity index is 615. The van der Waals surface area contributed by atoms with Crippen molar-refractivity contribution in [3.63, 3.8) is 0 Å². The molecule has 0 atom stereocenters. The molecule has 0 aromatic rings. The number of hydrogen-bond acceptors (Lipinski definition) is 4. The summed E-state index contributed by atoms with van der Waals surface area (Å²) < 4.78 is 25.2. The third kappa shape index (κ3) is 3.24. The molecule has 0 aromatic carbocycles. The first-order chi connectivity index (χ1) is 10.8. The molecule has 6 nitrogen and oxygen atoms in total. The number of rotatable bonds is 3. The van der Waals surface area contributed by atoms with Crippen molar-refractivity contribution in [2.24, 2.45) is 10.8 Å². The largest absolute Gasteiger partial charge is 0.341 e. The minimum Gasteiger partial charge on any atom is -0.341 e. The molecule has 3 aliphatic rings. The van der Waals surface area contributed by atoms with Gasteiger partial charge in [0.05, 0.1) is 12.3 Å². The molecule has 1 spiro atoms. The molecule has 3 fully saturated rings. The molecule has 2 aliphatic carbocycles. The fourth-order valence-electron chi connectivity index (χ4n) is 4.62. The maximum atomic E-state index is 12.7. The van der Waals surface area contributed by atoms with Crippen molar-refractivity contribution in [1.82, 2.24) is 9.62 Å². The molecule has 23 heavy (non-hydrogen) atoms. The summed E-state index contributed by atoms with van der Waals surface area (Å²) in [6, 6.07) is 2.34. The first kappa shape index (κ1) is 16.7. The maximum absolute atomic E-state index is 12.7. The second-order valence-electron chi connectivity index (χ2n) is 7.69. The summed E-state index contributed by atoms with van der Waals surface area (Å²) in [5.41, 5.74) is -0.584. The predicted molar refractivity (Wildman–Crippen MR) is 85.8 cm³/mol. The number of hydrogen-bond donors (Lipinski definition) is 1. The highest BCUT2D eigenvalue weighted by Crippen LogP contribution is 2.50. The van der Waals surface area contributed by atoms with E-state index in [-0.39, 0.29) is 17.4 Å². The number of piperidine rings is 1. The fraction of sp³-hybridized carbons (Fsp3) is 0.875. The molecule has 0 aromatic heterocycles. The third-order valence-corrected chi connectivity index (χ3v) is 6.69. The van der Waals surface area contributed by atoms with Gasteiger partial charge in [-0.3, -0.25) is 4.79 Å². The van der Waals surface area contributed by atoms with Gasteiger partial charge in [-0.1, -0.05) is 12.8 Å². The summed E-state index contributed by atoms with van der Waals surface area (Å²) in [4.78, 5) is 14.6. The molecule has 0 radical (unpaired) electrons. The molecule has 1 heterocycles. The van der Waals surface area contributed by atoms with Crippen LogP contribution < -0.4 is 4.72 Å². The SMILES string of the molecule is CS(=O)(=O)NC1CC2(CCN(C(=O)C3(C#N)CCCC3)CC2)C1. The molecule has 3 rings (SSSR count). The number of sulfonamides is 1. The van der Waals surface area contributed by atoms with Gasteiger partial charge in [-0.25, -0.2) is 13.1 Å². The lowest BCUT2D eigenvalue weighted by atomic mass is 9.60. The van der Waals surface area contributed by atoms with E-state index < -0.39 is 15.4 Å². The van der Waals surface area contributed by atoms with Gasteiger partial charge in [-0.05, 0) is 43.9 Å². The van der Waals surface area contributed by atoms with Crippen LogP contribution in [0.5, 0.6) is 0 Å². The van der Waals surface area contributed by atoms with Crippen LogP contribution in [0, 0.1) is 22.2 Å². The highest BCUT2D eigenvalue weighted by Gasteiger charge is 2.50. The van der Waals surface area contributed by atoms with Crippen LogP contribution in [0.4, 0.5) is 0 Å². The van der Waals surface area contributed by atoms with Crippen molar-refractivity contribution in [3.8, 4) is 6.07 Å². The lowest BCUT2D eigenvalue weighted by Crippen LogP contribution is -2.56. The molecule has 1 aliphatic heterocycles. The van der Waals surface area contributed by atoms with E-state index in [9.17, 15) is 18.5 Å². The molecular weight excluding hydrogens is 314 g/mol. The number of nitriles is 1. The molecule has 128 valence electrons. The van der Waals surface area contributed by atoms with Gasteiger partial charge in [0, 0.05) is 19.1 Å². The average molecular weight is 339 g/mol. The average Bonchev–Trinajstić information content (AvgIpc) is 2.94. The number of nitrogens with one attached hydrogen (secondary N) is 1. The van der Waals surface area contributed by atoms with Crippen LogP contribution in [0.25, 0.3) is 0 Å². The van der Waals surface area contributed by atoms with Gasteiger partial charge in [0.2, 0.25) is 15.9 Å². The van der Waals surface area contributed by atoms with E-state index in [2.05, 4.69) is 10.8 Å². The van der Waals surface area contributed by atoms with Crippen LogP contribution in [0.2, 0.25) is 0 Å². The van der Waals surface area contributed by atoms with Crippen LogP contribution in [0.15, 0.2) is 0 Å². The number of carbonyl (C=O) groups excluding carboxylic acids is 1. The van der Waals surface area contributed by atoms with Gasteiger partial charge in [0.15, 0.2) is 0 Å². The highest BCUT2D eigenvalue weighted by atomic mass is 32.2. The van der Waals surface area contributed by atoms with Crippen molar-refractivity contribution < 1.29 is 13.2 Å². The summed E-state index contributed by atoms with van der Waals surface area (Å²) >= 11 is 0. The van der Waals surface area contributed by atoms with Crippen molar-refractivity contribution in [2.45, 2.75) is 57.4 Å². The second kappa shape index (κ2) is 5.75. The first-order valence-electron chi connectivity index (χ1n) is 8.46. The summed E-state index contributed by atoms with van der Waals surface area (Å²) in [5, 5.41) is 9.46. The summed E-state index contributed by atoms with van der Waals surface area (Å²) in [5.74, 6) is 0.0254. The van der Waals surface area contributed by atoms with Crippen LogP contribution in [0.1, 0.15) is 51.4 Å². The summed E-state index contributed by atoms with van der Waals surface area (Å²) in [6.45, 7) is 1.40. The van der Waals surface area contributed by atoms with Gasteiger partial charge >= 0.3 is 0 Å². The van der Waals surface area contributed by atoms with Gasteiger partial charge in [-0.2, -0.15) is 5.26 Å². The van der Waals surface area contributed by atoms with Crippen molar-refractivity contribution >= 4 is 15.9 Å².